The lowest BCUT2D eigenvalue weighted by Gasteiger charge is -2.07. The smallest absolute Gasteiger partial charge is 0.146 e. The van der Waals surface area contributed by atoms with Gasteiger partial charge in [0.2, 0.25) is 0 Å². The molecule has 0 heterocycles. The molecular weight excluding hydrogens is 283 g/mol. The van der Waals surface area contributed by atoms with Crippen molar-refractivity contribution in [2.24, 2.45) is 5.10 Å². The molecule has 98 valence electrons. The number of para-hydroxylation sites is 1. The first-order valence-corrected chi connectivity index (χ1v) is 6.33. The molecule has 0 spiro atoms. The van der Waals surface area contributed by atoms with Crippen LogP contribution in [0.25, 0.3) is 0 Å². The number of rotatable bonds is 4. The molecule has 0 atom stereocenters. The highest BCUT2D eigenvalue weighted by Gasteiger charge is 2.07. The summed E-state index contributed by atoms with van der Waals surface area (Å²) in [6.45, 7) is 0. The lowest BCUT2D eigenvalue weighted by Crippen LogP contribution is -1.95. The van der Waals surface area contributed by atoms with Gasteiger partial charge < -0.3 is 4.74 Å². The summed E-state index contributed by atoms with van der Waals surface area (Å²) in [4.78, 5) is 0. The first-order chi connectivity index (χ1) is 9.20. The maximum atomic E-state index is 6.04. The summed E-state index contributed by atoms with van der Waals surface area (Å²) >= 11 is 12.0. The van der Waals surface area contributed by atoms with Crippen LogP contribution >= 0.6 is 23.2 Å². The minimum absolute atomic E-state index is 0.455. The molecule has 0 bridgehead atoms. The molecule has 0 aromatic heterocycles. The molecule has 0 amide bonds. The number of hydrogen-bond acceptors (Lipinski definition) is 3. The van der Waals surface area contributed by atoms with Gasteiger partial charge in [-0.25, -0.2) is 0 Å². The van der Waals surface area contributed by atoms with Crippen LogP contribution in [-0.2, 0) is 0 Å². The second-order valence-corrected chi connectivity index (χ2v) is 4.59. The predicted molar refractivity (Wildman–Crippen MR) is 80.7 cm³/mol. The van der Waals surface area contributed by atoms with Crippen molar-refractivity contribution in [2.75, 3.05) is 12.5 Å². The first kappa shape index (κ1) is 13.7. The van der Waals surface area contributed by atoms with Crippen LogP contribution in [0.5, 0.6) is 5.75 Å². The molecular formula is C14H12Cl2N2O. The van der Waals surface area contributed by atoms with Crippen molar-refractivity contribution in [2.45, 2.75) is 0 Å². The number of hydrogen-bond donors (Lipinski definition) is 1. The molecule has 2 rings (SSSR count). The third kappa shape index (κ3) is 3.63. The van der Waals surface area contributed by atoms with Gasteiger partial charge in [-0.2, -0.15) is 5.10 Å². The molecule has 0 fully saturated rings. The Hall–Kier alpha value is -1.71. The maximum Gasteiger partial charge on any atom is 0.146 e. The summed E-state index contributed by atoms with van der Waals surface area (Å²) in [5.41, 5.74) is 4.52. The second kappa shape index (κ2) is 6.45. The van der Waals surface area contributed by atoms with Crippen LogP contribution in [0.4, 0.5) is 5.69 Å². The highest BCUT2D eigenvalue weighted by Crippen LogP contribution is 2.31. The third-order valence-electron chi connectivity index (χ3n) is 2.41. The van der Waals surface area contributed by atoms with Crippen LogP contribution in [0.15, 0.2) is 47.6 Å². The number of nitrogens with one attached hydrogen (secondary N) is 1. The molecule has 2 aromatic rings. The molecule has 0 saturated carbocycles. The monoisotopic (exact) mass is 294 g/mol. The Bertz CT molecular complexity index is 585. The number of halogens is 2. The van der Waals surface area contributed by atoms with Gasteiger partial charge in [0.1, 0.15) is 5.75 Å². The number of nitrogens with zero attached hydrogens (tertiary/aromatic N) is 1. The zero-order chi connectivity index (χ0) is 13.7. The zero-order valence-electron chi connectivity index (χ0n) is 10.2. The van der Waals surface area contributed by atoms with Crippen LogP contribution in [0.2, 0.25) is 10.0 Å². The van der Waals surface area contributed by atoms with Crippen molar-refractivity contribution in [3.63, 3.8) is 0 Å². The molecule has 0 aliphatic heterocycles. The minimum Gasteiger partial charge on any atom is -0.495 e. The van der Waals surface area contributed by atoms with Crippen molar-refractivity contribution >= 4 is 35.1 Å². The van der Waals surface area contributed by atoms with Crippen LogP contribution in [0.3, 0.4) is 0 Å². The SMILES string of the molecule is COc1c(Cl)cc(Cl)cc1C=NNc1ccccc1. The van der Waals surface area contributed by atoms with Crippen molar-refractivity contribution in [1.29, 1.82) is 0 Å². The van der Waals surface area contributed by atoms with E-state index in [0.29, 0.717) is 21.4 Å². The van der Waals surface area contributed by atoms with Gasteiger partial charge in [0.05, 0.1) is 24.0 Å². The minimum atomic E-state index is 0.455. The summed E-state index contributed by atoms with van der Waals surface area (Å²) in [5.74, 6) is 0.546. The van der Waals surface area contributed by atoms with E-state index in [1.54, 1.807) is 25.5 Å². The topological polar surface area (TPSA) is 33.6 Å². The lowest BCUT2D eigenvalue weighted by atomic mass is 10.2. The fourth-order valence-electron chi connectivity index (χ4n) is 1.58. The molecule has 5 heteroatoms. The largest absolute Gasteiger partial charge is 0.495 e. The summed E-state index contributed by atoms with van der Waals surface area (Å²) in [7, 11) is 1.55. The highest BCUT2D eigenvalue weighted by atomic mass is 35.5. The van der Waals surface area contributed by atoms with Crippen LogP contribution in [0.1, 0.15) is 5.56 Å². The van der Waals surface area contributed by atoms with Gasteiger partial charge in [0.15, 0.2) is 0 Å². The van der Waals surface area contributed by atoms with Gasteiger partial charge in [0.25, 0.3) is 0 Å². The molecule has 0 aliphatic carbocycles. The van der Waals surface area contributed by atoms with Gasteiger partial charge in [-0.3, -0.25) is 5.43 Å². The summed E-state index contributed by atoms with van der Waals surface area (Å²) in [5, 5.41) is 5.12. The number of methoxy groups -OCH3 is 1. The number of benzene rings is 2. The lowest BCUT2D eigenvalue weighted by molar-refractivity contribution is 0.414. The Labute approximate surface area is 121 Å². The maximum absolute atomic E-state index is 6.04. The normalized spacial score (nSPS) is 10.7. The van der Waals surface area contributed by atoms with E-state index in [0.717, 1.165) is 5.69 Å². The van der Waals surface area contributed by atoms with Gasteiger partial charge >= 0.3 is 0 Å². The Balaban J connectivity index is 2.19. The Morgan fingerprint density at radius 2 is 1.89 bits per heavy atom. The summed E-state index contributed by atoms with van der Waals surface area (Å²) in [6, 6.07) is 13.0. The van der Waals surface area contributed by atoms with Crippen molar-refractivity contribution in [3.05, 3.63) is 58.1 Å². The first-order valence-electron chi connectivity index (χ1n) is 5.58. The van der Waals surface area contributed by atoms with E-state index in [4.69, 9.17) is 27.9 Å². The standard InChI is InChI=1S/C14H12Cl2N2O/c1-19-14-10(7-11(15)8-13(14)16)9-17-18-12-5-3-2-4-6-12/h2-9,18H,1H3. The van der Waals surface area contributed by atoms with E-state index in [-0.39, 0.29) is 0 Å². The van der Waals surface area contributed by atoms with E-state index in [1.807, 2.05) is 30.3 Å². The van der Waals surface area contributed by atoms with E-state index < -0.39 is 0 Å². The molecule has 0 radical (unpaired) electrons. The average Bonchev–Trinajstić information content (AvgIpc) is 2.39. The van der Waals surface area contributed by atoms with Crippen molar-refractivity contribution in [1.82, 2.24) is 0 Å². The Morgan fingerprint density at radius 1 is 1.16 bits per heavy atom. The van der Waals surface area contributed by atoms with Crippen molar-refractivity contribution < 1.29 is 4.74 Å². The zero-order valence-corrected chi connectivity index (χ0v) is 11.7. The second-order valence-electron chi connectivity index (χ2n) is 3.75. The molecule has 0 aliphatic rings. The van der Waals surface area contributed by atoms with Gasteiger partial charge in [-0.1, -0.05) is 41.4 Å². The summed E-state index contributed by atoms with van der Waals surface area (Å²) in [6.07, 6.45) is 1.61. The van der Waals surface area contributed by atoms with E-state index in [2.05, 4.69) is 10.5 Å². The third-order valence-corrected chi connectivity index (χ3v) is 2.91. The van der Waals surface area contributed by atoms with Crippen LogP contribution in [-0.4, -0.2) is 13.3 Å². The highest BCUT2D eigenvalue weighted by molar-refractivity contribution is 6.36. The van der Waals surface area contributed by atoms with E-state index in [9.17, 15) is 0 Å². The van der Waals surface area contributed by atoms with Gasteiger partial charge in [-0.05, 0) is 24.3 Å². The predicted octanol–water partition coefficient (Wildman–Crippen LogP) is 4.45. The molecule has 1 N–H and O–H groups in total. The number of ether oxygens (including phenoxy) is 1. The molecule has 3 nitrogen and oxygen atoms in total. The Morgan fingerprint density at radius 3 is 2.58 bits per heavy atom. The summed E-state index contributed by atoms with van der Waals surface area (Å²) < 4.78 is 5.22. The van der Waals surface area contributed by atoms with Crippen molar-refractivity contribution in [3.8, 4) is 5.75 Å². The molecule has 0 saturated heterocycles. The van der Waals surface area contributed by atoms with Gasteiger partial charge in [-0.15, -0.1) is 0 Å². The molecule has 0 unspecified atom stereocenters. The quantitative estimate of drug-likeness (QED) is 0.668. The Kier molecular flexibility index (Phi) is 4.66. The van der Waals surface area contributed by atoms with Crippen LogP contribution < -0.4 is 10.2 Å². The fourth-order valence-corrected chi connectivity index (χ4v) is 2.17. The van der Waals surface area contributed by atoms with E-state index in [1.165, 1.54) is 0 Å². The van der Waals surface area contributed by atoms with Gasteiger partial charge in [0, 0.05) is 10.6 Å². The molecule has 19 heavy (non-hydrogen) atoms. The molecule has 2 aromatic carbocycles. The number of hydrazone groups is 1. The van der Waals surface area contributed by atoms with E-state index >= 15 is 0 Å². The van der Waals surface area contributed by atoms with Crippen LogP contribution in [0, 0.1) is 0 Å². The fraction of sp³-hybridized carbons (Fsp3) is 0.0714. The number of anilines is 1. The average molecular weight is 295 g/mol.